The van der Waals surface area contributed by atoms with Gasteiger partial charge in [0, 0.05) is 23.9 Å². The summed E-state index contributed by atoms with van der Waals surface area (Å²) < 4.78 is 0. The highest BCUT2D eigenvalue weighted by molar-refractivity contribution is 7.09. The Morgan fingerprint density at radius 2 is 2.27 bits per heavy atom. The zero-order chi connectivity index (χ0) is 10.1. The molecule has 1 saturated carbocycles. The maximum atomic E-state index is 4.59. The highest BCUT2D eigenvalue weighted by Gasteiger charge is 2.31. The lowest BCUT2D eigenvalue weighted by Crippen LogP contribution is -2.17. The van der Waals surface area contributed by atoms with E-state index in [1.54, 1.807) is 11.3 Å². The molecule has 1 heterocycles. The summed E-state index contributed by atoms with van der Waals surface area (Å²) in [6.45, 7) is 7.62. The number of thiazole rings is 1. The number of hydrogen-bond donors (Lipinski definition) is 1. The van der Waals surface area contributed by atoms with Crippen molar-refractivity contribution in [3.63, 3.8) is 0 Å². The third-order valence-corrected chi connectivity index (χ3v) is 3.91. The Hall–Kier alpha value is -0.120. The Balaban J connectivity index is 0.00000112. The lowest BCUT2D eigenvalue weighted by molar-refractivity contribution is 0.642. The number of nitrogens with one attached hydrogen (secondary N) is 1. The normalized spacial score (nSPS) is 24.0. The van der Waals surface area contributed by atoms with Crippen molar-refractivity contribution in [3.8, 4) is 0 Å². The average Bonchev–Trinajstić information content (AvgIpc) is 2.68. The molecular formula is C11H19ClN2S. The molecule has 2 rings (SSSR count). The standard InChI is InChI=1S/C11H18N2S.ClH/c1-7(2)11-13-9(6-14-11)5-12-10-4-8(10)3;/h6-8,10,12H,4-5H2,1-3H3;1H. The van der Waals surface area contributed by atoms with Gasteiger partial charge in [0.15, 0.2) is 0 Å². The van der Waals surface area contributed by atoms with Crippen LogP contribution in [0, 0.1) is 5.92 Å². The van der Waals surface area contributed by atoms with Gasteiger partial charge in [0.05, 0.1) is 10.7 Å². The summed E-state index contributed by atoms with van der Waals surface area (Å²) in [5.41, 5.74) is 1.21. The van der Waals surface area contributed by atoms with Crippen molar-refractivity contribution in [1.29, 1.82) is 0 Å². The zero-order valence-corrected chi connectivity index (χ0v) is 11.1. The van der Waals surface area contributed by atoms with Gasteiger partial charge in [-0.1, -0.05) is 20.8 Å². The van der Waals surface area contributed by atoms with Crippen LogP contribution in [0.25, 0.3) is 0 Å². The lowest BCUT2D eigenvalue weighted by atomic mass is 10.2. The van der Waals surface area contributed by atoms with Gasteiger partial charge in [0.25, 0.3) is 0 Å². The van der Waals surface area contributed by atoms with Gasteiger partial charge in [0.2, 0.25) is 0 Å². The summed E-state index contributed by atoms with van der Waals surface area (Å²) in [6.07, 6.45) is 1.33. The Morgan fingerprint density at radius 3 is 2.73 bits per heavy atom. The zero-order valence-electron chi connectivity index (χ0n) is 9.49. The highest BCUT2D eigenvalue weighted by atomic mass is 35.5. The summed E-state index contributed by atoms with van der Waals surface area (Å²) in [6, 6.07) is 0.749. The molecule has 4 heteroatoms. The maximum absolute atomic E-state index is 4.59. The van der Waals surface area contributed by atoms with Crippen molar-refractivity contribution in [2.45, 2.75) is 45.7 Å². The van der Waals surface area contributed by atoms with Crippen molar-refractivity contribution in [2.75, 3.05) is 0 Å². The SMILES string of the molecule is CC(C)c1nc(CNC2CC2C)cs1.Cl. The Morgan fingerprint density at radius 1 is 1.60 bits per heavy atom. The van der Waals surface area contributed by atoms with Gasteiger partial charge >= 0.3 is 0 Å². The third-order valence-electron chi connectivity index (χ3n) is 2.72. The fourth-order valence-corrected chi connectivity index (χ4v) is 2.35. The lowest BCUT2D eigenvalue weighted by Gasteiger charge is -2.00. The summed E-state index contributed by atoms with van der Waals surface area (Å²) in [5.74, 6) is 1.44. The van der Waals surface area contributed by atoms with Crippen LogP contribution in [0.4, 0.5) is 0 Å². The maximum Gasteiger partial charge on any atom is 0.0954 e. The van der Waals surface area contributed by atoms with Gasteiger partial charge in [0.1, 0.15) is 0 Å². The first-order valence-electron chi connectivity index (χ1n) is 5.34. The molecule has 0 bridgehead atoms. The minimum atomic E-state index is 0. The van der Waals surface area contributed by atoms with Crippen LogP contribution < -0.4 is 5.32 Å². The van der Waals surface area contributed by atoms with E-state index in [1.807, 2.05) is 0 Å². The van der Waals surface area contributed by atoms with Crippen molar-refractivity contribution in [1.82, 2.24) is 10.3 Å². The molecule has 0 amide bonds. The van der Waals surface area contributed by atoms with Crippen LogP contribution in [0.5, 0.6) is 0 Å². The number of rotatable bonds is 4. The molecule has 1 N–H and O–H groups in total. The van der Waals surface area contributed by atoms with E-state index in [-0.39, 0.29) is 12.4 Å². The molecule has 1 aliphatic rings. The molecule has 2 nitrogen and oxygen atoms in total. The first kappa shape index (κ1) is 12.9. The number of hydrogen-bond acceptors (Lipinski definition) is 3. The van der Waals surface area contributed by atoms with E-state index < -0.39 is 0 Å². The van der Waals surface area contributed by atoms with Crippen molar-refractivity contribution in [2.24, 2.45) is 5.92 Å². The quantitative estimate of drug-likeness (QED) is 0.883. The molecule has 86 valence electrons. The molecule has 0 aliphatic heterocycles. The third kappa shape index (κ3) is 3.44. The van der Waals surface area contributed by atoms with Crippen LogP contribution in [-0.2, 0) is 6.54 Å². The van der Waals surface area contributed by atoms with Crippen molar-refractivity contribution >= 4 is 23.7 Å². The van der Waals surface area contributed by atoms with Crippen LogP contribution in [0.2, 0.25) is 0 Å². The molecule has 2 unspecified atom stereocenters. The molecule has 0 saturated heterocycles. The minimum Gasteiger partial charge on any atom is -0.308 e. The number of nitrogens with zero attached hydrogens (tertiary/aromatic N) is 1. The summed E-state index contributed by atoms with van der Waals surface area (Å²) >= 11 is 1.78. The highest BCUT2D eigenvalue weighted by Crippen LogP contribution is 2.29. The molecular weight excluding hydrogens is 228 g/mol. The van der Waals surface area contributed by atoms with E-state index in [0.29, 0.717) is 5.92 Å². The molecule has 2 atom stereocenters. The molecule has 15 heavy (non-hydrogen) atoms. The molecule has 1 aromatic heterocycles. The second-order valence-corrected chi connectivity index (χ2v) is 5.42. The molecule has 0 radical (unpaired) electrons. The van der Waals surface area contributed by atoms with Gasteiger partial charge in [-0.3, -0.25) is 0 Å². The molecule has 0 aromatic carbocycles. The van der Waals surface area contributed by atoms with E-state index in [4.69, 9.17) is 0 Å². The monoisotopic (exact) mass is 246 g/mol. The molecule has 1 aromatic rings. The van der Waals surface area contributed by atoms with E-state index >= 15 is 0 Å². The van der Waals surface area contributed by atoms with Crippen molar-refractivity contribution in [3.05, 3.63) is 16.1 Å². The molecule has 1 aliphatic carbocycles. The van der Waals surface area contributed by atoms with Gasteiger partial charge in [-0.25, -0.2) is 4.98 Å². The van der Waals surface area contributed by atoms with Crippen LogP contribution in [0.15, 0.2) is 5.38 Å². The van der Waals surface area contributed by atoms with Gasteiger partial charge in [-0.2, -0.15) is 0 Å². The van der Waals surface area contributed by atoms with E-state index in [0.717, 1.165) is 18.5 Å². The predicted octanol–water partition coefficient (Wildman–Crippen LogP) is 3.19. The Kier molecular flexibility index (Phi) is 4.56. The van der Waals surface area contributed by atoms with E-state index in [2.05, 4.69) is 36.5 Å². The average molecular weight is 247 g/mol. The fourth-order valence-electron chi connectivity index (χ4n) is 1.51. The van der Waals surface area contributed by atoms with Crippen LogP contribution in [0.3, 0.4) is 0 Å². The van der Waals surface area contributed by atoms with Crippen LogP contribution in [-0.4, -0.2) is 11.0 Å². The van der Waals surface area contributed by atoms with Gasteiger partial charge < -0.3 is 5.32 Å². The first-order chi connectivity index (χ1) is 6.66. The Bertz CT molecular complexity index is 311. The van der Waals surface area contributed by atoms with E-state index in [9.17, 15) is 0 Å². The topological polar surface area (TPSA) is 24.9 Å². The number of aromatic nitrogens is 1. The molecule has 0 spiro atoms. The van der Waals surface area contributed by atoms with Gasteiger partial charge in [-0.05, 0) is 12.3 Å². The first-order valence-corrected chi connectivity index (χ1v) is 6.22. The second kappa shape index (κ2) is 5.28. The number of halogens is 1. The minimum absolute atomic E-state index is 0. The van der Waals surface area contributed by atoms with Crippen LogP contribution in [0.1, 0.15) is 43.8 Å². The van der Waals surface area contributed by atoms with Gasteiger partial charge in [-0.15, -0.1) is 23.7 Å². The van der Waals surface area contributed by atoms with Crippen LogP contribution >= 0.6 is 23.7 Å². The predicted molar refractivity (Wildman–Crippen MR) is 67.9 cm³/mol. The molecule has 1 fully saturated rings. The fraction of sp³-hybridized carbons (Fsp3) is 0.727. The largest absolute Gasteiger partial charge is 0.308 e. The summed E-state index contributed by atoms with van der Waals surface area (Å²) in [5, 5.41) is 6.95. The second-order valence-electron chi connectivity index (χ2n) is 4.53. The summed E-state index contributed by atoms with van der Waals surface area (Å²) in [7, 11) is 0. The summed E-state index contributed by atoms with van der Waals surface area (Å²) in [4.78, 5) is 4.59. The van der Waals surface area contributed by atoms with Crippen molar-refractivity contribution < 1.29 is 0 Å². The smallest absolute Gasteiger partial charge is 0.0954 e. The van der Waals surface area contributed by atoms with E-state index in [1.165, 1.54) is 17.1 Å². The Labute approximate surface area is 102 Å².